The van der Waals surface area contributed by atoms with Crippen LogP contribution in [0.15, 0.2) is 18.2 Å². The van der Waals surface area contributed by atoms with E-state index in [1.807, 2.05) is 12.1 Å². The summed E-state index contributed by atoms with van der Waals surface area (Å²) >= 11 is 0. The molecule has 0 amide bonds. The molecule has 0 radical (unpaired) electrons. The van der Waals surface area contributed by atoms with E-state index in [1.54, 1.807) is 6.07 Å². The average molecular weight is 193 g/mol. The molecule has 2 rings (SSSR count). The fourth-order valence-corrected chi connectivity index (χ4v) is 1.42. The van der Waals surface area contributed by atoms with E-state index in [1.165, 1.54) is 0 Å². The number of fused-ring (bicyclic) bond motifs is 1. The predicted molar refractivity (Wildman–Crippen MR) is 51.1 cm³/mol. The average Bonchev–Trinajstić information content (AvgIpc) is 2.57. The van der Waals surface area contributed by atoms with E-state index in [9.17, 15) is 4.79 Å². The second-order valence-corrected chi connectivity index (χ2v) is 3.10. The topological polar surface area (TPSA) is 58.6 Å². The number of esters is 1. The first-order chi connectivity index (χ1) is 6.81. The van der Waals surface area contributed by atoms with Crippen molar-refractivity contribution in [1.82, 2.24) is 0 Å². The normalized spacial score (nSPS) is 13.6. The summed E-state index contributed by atoms with van der Waals surface area (Å²) in [5, 5.41) is 11.6. The van der Waals surface area contributed by atoms with Crippen LogP contribution in [-0.2, 0) is 11.3 Å². The molecule has 14 heavy (non-hydrogen) atoms. The van der Waals surface area contributed by atoms with Crippen LogP contribution in [0, 0.1) is 0 Å². The summed E-state index contributed by atoms with van der Waals surface area (Å²) in [6.45, 7) is 0.920. The zero-order chi connectivity index (χ0) is 9.97. The van der Waals surface area contributed by atoms with Crippen LogP contribution in [-0.4, -0.2) is 24.2 Å². The highest BCUT2D eigenvalue weighted by molar-refractivity contribution is 5.94. The van der Waals surface area contributed by atoms with Gasteiger partial charge in [0, 0.05) is 17.8 Å². The number of anilines is 1. The summed E-state index contributed by atoms with van der Waals surface area (Å²) < 4.78 is 4.87. The van der Waals surface area contributed by atoms with E-state index in [-0.39, 0.29) is 12.6 Å². The van der Waals surface area contributed by atoms with Gasteiger partial charge in [-0.2, -0.15) is 0 Å². The summed E-state index contributed by atoms with van der Waals surface area (Å²) in [4.78, 5) is 11.2. The standard InChI is InChI=1S/C10H11NO3/c12-4-3-11-8-2-1-7-6-14-10(13)9(7)5-8/h1-2,5,11-12H,3-4,6H2. The van der Waals surface area contributed by atoms with Gasteiger partial charge >= 0.3 is 5.97 Å². The fraction of sp³-hybridized carbons (Fsp3) is 0.300. The van der Waals surface area contributed by atoms with Gasteiger partial charge in [-0.1, -0.05) is 6.07 Å². The molecule has 1 aliphatic heterocycles. The molecule has 0 atom stereocenters. The molecule has 1 heterocycles. The number of hydrogen-bond acceptors (Lipinski definition) is 4. The minimum atomic E-state index is -0.271. The van der Waals surface area contributed by atoms with Crippen LogP contribution < -0.4 is 5.32 Å². The second-order valence-electron chi connectivity index (χ2n) is 3.10. The van der Waals surface area contributed by atoms with Crippen molar-refractivity contribution in [3.8, 4) is 0 Å². The number of aliphatic hydroxyl groups is 1. The third kappa shape index (κ3) is 1.56. The van der Waals surface area contributed by atoms with Gasteiger partial charge in [-0.3, -0.25) is 0 Å². The van der Waals surface area contributed by atoms with Crippen LogP contribution in [0.3, 0.4) is 0 Å². The van der Waals surface area contributed by atoms with E-state index in [0.717, 1.165) is 11.3 Å². The number of hydrogen-bond donors (Lipinski definition) is 2. The quantitative estimate of drug-likeness (QED) is 0.696. The van der Waals surface area contributed by atoms with Gasteiger partial charge in [-0.15, -0.1) is 0 Å². The summed E-state index contributed by atoms with van der Waals surface area (Å²) in [5.74, 6) is -0.271. The number of nitrogens with one attached hydrogen (secondary N) is 1. The molecule has 2 N–H and O–H groups in total. The van der Waals surface area contributed by atoms with Crippen molar-refractivity contribution in [1.29, 1.82) is 0 Å². The molecule has 1 aromatic rings. The highest BCUT2D eigenvalue weighted by Gasteiger charge is 2.20. The number of rotatable bonds is 3. The molecule has 1 aromatic carbocycles. The highest BCUT2D eigenvalue weighted by atomic mass is 16.5. The van der Waals surface area contributed by atoms with Crippen molar-refractivity contribution in [2.75, 3.05) is 18.5 Å². The Kier molecular flexibility index (Phi) is 2.37. The first-order valence-corrected chi connectivity index (χ1v) is 4.46. The molecule has 74 valence electrons. The zero-order valence-electron chi connectivity index (χ0n) is 7.62. The van der Waals surface area contributed by atoms with Gasteiger partial charge in [-0.25, -0.2) is 4.79 Å². The van der Waals surface area contributed by atoms with Crippen molar-refractivity contribution in [2.45, 2.75) is 6.61 Å². The Bertz CT molecular complexity index is 362. The molecular formula is C10H11NO3. The number of cyclic esters (lactones) is 1. The monoisotopic (exact) mass is 193 g/mol. The van der Waals surface area contributed by atoms with Crippen LogP contribution in [0.4, 0.5) is 5.69 Å². The molecule has 0 aromatic heterocycles. The largest absolute Gasteiger partial charge is 0.457 e. The minimum Gasteiger partial charge on any atom is -0.457 e. The van der Waals surface area contributed by atoms with Gasteiger partial charge in [0.25, 0.3) is 0 Å². The maximum absolute atomic E-state index is 11.2. The van der Waals surface area contributed by atoms with Crippen molar-refractivity contribution >= 4 is 11.7 Å². The van der Waals surface area contributed by atoms with Crippen LogP contribution in [0.25, 0.3) is 0 Å². The molecule has 0 aliphatic carbocycles. The Hall–Kier alpha value is -1.55. The number of carbonyl (C=O) groups is 1. The van der Waals surface area contributed by atoms with Gasteiger partial charge in [-0.05, 0) is 12.1 Å². The Balaban J connectivity index is 2.21. The predicted octanol–water partition coefficient (Wildman–Crippen LogP) is 0.761. The lowest BCUT2D eigenvalue weighted by molar-refractivity contribution is 0.0535. The van der Waals surface area contributed by atoms with Crippen LogP contribution in [0.1, 0.15) is 15.9 Å². The van der Waals surface area contributed by atoms with Crippen molar-refractivity contribution < 1.29 is 14.6 Å². The first-order valence-electron chi connectivity index (χ1n) is 4.46. The zero-order valence-corrected chi connectivity index (χ0v) is 7.62. The number of ether oxygens (including phenoxy) is 1. The molecule has 0 saturated carbocycles. The van der Waals surface area contributed by atoms with E-state index < -0.39 is 0 Å². The van der Waals surface area contributed by atoms with Gasteiger partial charge in [0.05, 0.1) is 12.2 Å². The lowest BCUT2D eigenvalue weighted by Crippen LogP contribution is -2.06. The number of benzene rings is 1. The maximum Gasteiger partial charge on any atom is 0.338 e. The van der Waals surface area contributed by atoms with E-state index in [0.29, 0.717) is 18.7 Å². The third-order valence-corrected chi connectivity index (χ3v) is 2.13. The van der Waals surface area contributed by atoms with Crippen LogP contribution >= 0.6 is 0 Å². The molecule has 4 nitrogen and oxygen atoms in total. The molecule has 1 aliphatic rings. The molecule has 0 saturated heterocycles. The lowest BCUT2D eigenvalue weighted by atomic mass is 10.1. The first kappa shape index (κ1) is 9.02. The Labute approximate surface area is 81.5 Å². The SMILES string of the molecule is O=C1OCc2ccc(NCCO)cc21. The van der Waals surface area contributed by atoms with Crippen molar-refractivity contribution in [3.05, 3.63) is 29.3 Å². The Morgan fingerprint density at radius 3 is 3.14 bits per heavy atom. The third-order valence-electron chi connectivity index (χ3n) is 2.13. The minimum absolute atomic E-state index is 0.0710. The molecule has 0 bridgehead atoms. The highest BCUT2D eigenvalue weighted by Crippen LogP contribution is 2.22. The molecule has 0 fully saturated rings. The number of carbonyl (C=O) groups excluding carboxylic acids is 1. The summed E-state index contributed by atoms with van der Waals surface area (Å²) in [7, 11) is 0. The summed E-state index contributed by atoms with van der Waals surface area (Å²) in [5.41, 5.74) is 2.37. The fourth-order valence-electron chi connectivity index (χ4n) is 1.42. The van der Waals surface area contributed by atoms with Gasteiger partial charge in [0.1, 0.15) is 6.61 Å². The molecule has 0 unspecified atom stereocenters. The van der Waals surface area contributed by atoms with E-state index in [2.05, 4.69) is 5.32 Å². The van der Waals surface area contributed by atoms with Crippen molar-refractivity contribution in [2.24, 2.45) is 0 Å². The van der Waals surface area contributed by atoms with E-state index in [4.69, 9.17) is 9.84 Å². The van der Waals surface area contributed by atoms with E-state index >= 15 is 0 Å². The van der Waals surface area contributed by atoms with Crippen molar-refractivity contribution in [3.63, 3.8) is 0 Å². The number of aliphatic hydroxyl groups excluding tert-OH is 1. The lowest BCUT2D eigenvalue weighted by Gasteiger charge is -2.04. The van der Waals surface area contributed by atoms with Gasteiger partial charge in [0.15, 0.2) is 0 Å². The van der Waals surface area contributed by atoms with Gasteiger partial charge < -0.3 is 15.2 Å². The van der Waals surface area contributed by atoms with Crippen LogP contribution in [0.2, 0.25) is 0 Å². The molecule has 4 heteroatoms. The van der Waals surface area contributed by atoms with Crippen LogP contribution in [0.5, 0.6) is 0 Å². The Morgan fingerprint density at radius 2 is 2.36 bits per heavy atom. The summed E-state index contributed by atoms with van der Waals surface area (Å²) in [6.07, 6.45) is 0. The smallest absolute Gasteiger partial charge is 0.338 e. The maximum atomic E-state index is 11.2. The Morgan fingerprint density at radius 1 is 1.50 bits per heavy atom. The molecule has 0 spiro atoms. The molecular weight excluding hydrogens is 182 g/mol. The second kappa shape index (κ2) is 3.67. The summed E-state index contributed by atoms with van der Waals surface area (Å²) in [6, 6.07) is 5.48. The van der Waals surface area contributed by atoms with Gasteiger partial charge in [0.2, 0.25) is 0 Å².